The van der Waals surface area contributed by atoms with Gasteiger partial charge in [-0.2, -0.15) is 4.99 Å². The predicted octanol–water partition coefficient (Wildman–Crippen LogP) is 4.73. The molecule has 6 heteroatoms. The van der Waals surface area contributed by atoms with Crippen LogP contribution in [0, 0.1) is 12.7 Å². The second-order valence-corrected chi connectivity index (χ2v) is 6.71. The minimum atomic E-state index is -0.499. The first-order valence-corrected chi connectivity index (χ1v) is 8.44. The van der Waals surface area contributed by atoms with Crippen molar-refractivity contribution in [3.63, 3.8) is 0 Å². The van der Waals surface area contributed by atoms with Crippen LogP contribution in [0.15, 0.2) is 54.0 Å². The van der Waals surface area contributed by atoms with E-state index in [4.69, 9.17) is 11.6 Å². The Morgan fingerprint density at radius 1 is 1.38 bits per heavy atom. The molecule has 0 N–H and O–H groups in total. The summed E-state index contributed by atoms with van der Waals surface area (Å²) in [5, 5.41) is 0.0518. The van der Waals surface area contributed by atoms with E-state index in [2.05, 4.69) is 11.6 Å². The zero-order valence-electron chi connectivity index (χ0n) is 12.9. The van der Waals surface area contributed by atoms with Crippen molar-refractivity contribution in [3.8, 4) is 0 Å². The molecular weight excluding hydrogens is 347 g/mol. The number of nitrogens with zero attached hydrogens (tertiary/aromatic N) is 2. The Morgan fingerprint density at radius 3 is 2.88 bits per heavy atom. The third-order valence-electron chi connectivity index (χ3n) is 3.51. The van der Waals surface area contributed by atoms with Crippen molar-refractivity contribution in [1.29, 1.82) is 0 Å². The van der Waals surface area contributed by atoms with E-state index in [-0.39, 0.29) is 10.6 Å². The first kappa shape index (κ1) is 16.6. The molecule has 3 rings (SSSR count). The molecule has 0 aliphatic heterocycles. The van der Waals surface area contributed by atoms with Gasteiger partial charge in [-0.1, -0.05) is 35.1 Å². The Balaban J connectivity index is 2.16. The van der Waals surface area contributed by atoms with Crippen LogP contribution in [-0.4, -0.2) is 10.5 Å². The van der Waals surface area contributed by atoms with E-state index in [1.807, 2.05) is 29.7 Å². The van der Waals surface area contributed by atoms with Gasteiger partial charge in [-0.05, 0) is 42.8 Å². The largest absolute Gasteiger partial charge is 0.312 e. The number of fused-ring (bicyclic) bond motifs is 1. The molecule has 0 atom stereocenters. The predicted molar refractivity (Wildman–Crippen MR) is 96.1 cm³/mol. The molecule has 0 saturated heterocycles. The summed E-state index contributed by atoms with van der Waals surface area (Å²) in [6.45, 7) is 6.30. The molecule has 1 amide bonds. The van der Waals surface area contributed by atoms with Crippen molar-refractivity contribution in [3.05, 3.63) is 75.8 Å². The Hall–Kier alpha value is -2.24. The SMILES string of the molecule is C=CCn1c(=NC(=O)c2ccc(F)cc2Cl)sc2cc(C)ccc21. The van der Waals surface area contributed by atoms with Crippen LogP contribution in [0.25, 0.3) is 10.2 Å². The summed E-state index contributed by atoms with van der Waals surface area (Å²) < 4.78 is 16.1. The highest BCUT2D eigenvalue weighted by atomic mass is 35.5. The van der Waals surface area contributed by atoms with E-state index in [0.29, 0.717) is 11.3 Å². The first-order valence-electron chi connectivity index (χ1n) is 7.24. The number of halogens is 2. The molecule has 24 heavy (non-hydrogen) atoms. The molecule has 0 bridgehead atoms. The van der Waals surface area contributed by atoms with Crippen molar-refractivity contribution >= 4 is 39.1 Å². The number of hydrogen-bond donors (Lipinski definition) is 0. The summed E-state index contributed by atoms with van der Waals surface area (Å²) in [5.74, 6) is -0.989. The van der Waals surface area contributed by atoms with Gasteiger partial charge in [0.15, 0.2) is 4.80 Å². The number of rotatable bonds is 3. The molecule has 0 aliphatic rings. The normalized spacial score (nSPS) is 11.9. The van der Waals surface area contributed by atoms with Crippen LogP contribution in [-0.2, 0) is 6.54 Å². The topological polar surface area (TPSA) is 34.4 Å². The van der Waals surface area contributed by atoms with Gasteiger partial charge in [0.1, 0.15) is 5.82 Å². The average molecular weight is 361 g/mol. The van der Waals surface area contributed by atoms with Crippen molar-refractivity contribution in [2.75, 3.05) is 0 Å². The van der Waals surface area contributed by atoms with Crippen LogP contribution < -0.4 is 4.80 Å². The quantitative estimate of drug-likeness (QED) is 0.622. The highest BCUT2D eigenvalue weighted by Crippen LogP contribution is 2.20. The summed E-state index contributed by atoms with van der Waals surface area (Å²) >= 11 is 7.37. The molecule has 0 spiro atoms. The summed E-state index contributed by atoms with van der Waals surface area (Å²) in [5.41, 5.74) is 2.30. The minimum Gasteiger partial charge on any atom is -0.312 e. The number of carbonyl (C=O) groups excluding carboxylic acids is 1. The molecule has 2 aromatic carbocycles. The van der Waals surface area contributed by atoms with E-state index in [9.17, 15) is 9.18 Å². The van der Waals surface area contributed by atoms with Crippen LogP contribution in [0.4, 0.5) is 4.39 Å². The number of thiazole rings is 1. The number of hydrogen-bond acceptors (Lipinski definition) is 2. The lowest BCUT2D eigenvalue weighted by molar-refractivity contribution is 0.0998. The molecular formula is C18H14ClFN2OS. The molecule has 122 valence electrons. The zero-order valence-corrected chi connectivity index (χ0v) is 14.5. The molecule has 0 unspecified atom stereocenters. The first-order chi connectivity index (χ1) is 11.5. The van der Waals surface area contributed by atoms with Crippen LogP contribution >= 0.6 is 22.9 Å². The third-order valence-corrected chi connectivity index (χ3v) is 4.86. The summed E-state index contributed by atoms with van der Waals surface area (Å²) in [7, 11) is 0. The fraction of sp³-hybridized carbons (Fsp3) is 0.111. The van der Waals surface area contributed by atoms with Crippen LogP contribution in [0.2, 0.25) is 5.02 Å². The van der Waals surface area contributed by atoms with Gasteiger partial charge in [0, 0.05) is 6.54 Å². The molecule has 0 aliphatic carbocycles. The van der Waals surface area contributed by atoms with Crippen molar-refractivity contribution < 1.29 is 9.18 Å². The molecule has 0 radical (unpaired) electrons. The van der Waals surface area contributed by atoms with Gasteiger partial charge in [0.25, 0.3) is 5.91 Å². The summed E-state index contributed by atoms with van der Waals surface area (Å²) in [6.07, 6.45) is 1.75. The van der Waals surface area contributed by atoms with E-state index >= 15 is 0 Å². The highest BCUT2D eigenvalue weighted by molar-refractivity contribution is 7.16. The molecule has 3 aromatic rings. The Kier molecular flexibility index (Phi) is 4.64. The van der Waals surface area contributed by atoms with Crippen molar-refractivity contribution in [1.82, 2.24) is 4.57 Å². The maximum atomic E-state index is 13.1. The fourth-order valence-electron chi connectivity index (χ4n) is 2.38. The van der Waals surface area contributed by atoms with Gasteiger partial charge in [-0.15, -0.1) is 6.58 Å². The van der Waals surface area contributed by atoms with Gasteiger partial charge >= 0.3 is 0 Å². The second kappa shape index (κ2) is 6.71. The number of amides is 1. The van der Waals surface area contributed by atoms with E-state index in [0.717, 1.165) is 21.8 Å². The van der Waals surface area contributed by atoms with Crippen LogP contribution in [0.5, 0.6) is 0 Å². The number of allylic oxidation sites excluding steroid dienone is 1. The van der Waals surface area contributed by atoms with Gasteiger partial charge < -0.3 is 4.57 Å². The Morgan fingerprint density at radius 2 is 2.17 bits per heavy atom. The number of carbonyl (C=O) groups is 1. The highest BCUT2D eigenvalue weighted by Gasteiger charge is 2.12. The van der Waals surface area contributed by atoms with Gasteiger partial charge in [-0.3, -0.25) is 4.79 Å². The minimum absolute atomic E-state index is 0.0518. The maximum absolute atomic E-state index is 13.1. The molecule has 0 fully saturated rings. The monoisotopic (exact) mass is 360 g/mol. The lowest BCUT2D eigenvalue weighted by Crippen LogP contribution is -2.16. The van der Waals surface area contributed by atoms with Crippen molar-refractivity contribution in [2.45, 2.75) is 13.5 Å². The molecule has 1 heterocycles. The summed E-state index contributed by atoms with van der Waals surface area (Å²) in [6, 6.07) is 9.71. The van der Waals surface area contributed by atoms with Crippen molar-refractivity contribution in [2.24, 2.45) is 4.99 Å². The maximum Gasteiger partial charge on any atom is 0.281 e. The van der Waals surface area contributed by atoms with Gasteiger partial charge in [0.05, 0.1) is 20.8 Å². The smallest absolute Gasteiger partial charge is 0.281 e. The molecule has 0 saturated carbocycles. The number of benzene rings is 2. The average Bonchev–Trinajstić information content (AvgIpc) is 2.84. The van der Waals surface area contributed by atoms with Gasteiger partial charge in [-0.25, -0.2) is 4.39 Å². The van der Waals surface area contributed by atoms with E-state index in [1.54, 1.807) is 6.08 Å². The lowest BCUT2D eigenvalue weighted by Gasteiger charge is -2.02. The van der Waals surface area contributed by atoms with E-state index < -0.39 is 11.7 Å². The second-order valence-electron chi connectivity index (χ2n) is 5.30. The molecule has 1 aromatic heterocycles. The number of aromatic nitrogens is 1. The number of aryl methyl sites for hydroxylation is 1. The summed E-state index contributed by atoms with van der Waals surface area (Å²) in [4.78, 5) is 17.2. The van der Waals surface area contributed by atoms with E-state index in [1.165, 1.54) is 23.5 Å². The Labute approximate surface area is 147 Å². The fourth-order valence-corrected chi connectivity index (χ4v) is 3.77. The standard InChI is InChI=1S/C18H14ClFN2OS/c1-3-8-22-15-7-4-11(2)9-16(15)24-18(22)21-17(23)13-6-5-12(20)10-14(13)19/h3-7,9-10H,1,8H2,2H3. The molecule has 3 nitrogen and oxygen atoms in total. The van der Waals surface area contributed by atoms with Gasteiger partial charge in [0.2, 0.25) is 0 Å². The lowest BCUT2D eigenvalue weighted by atomic mass is 10.2. The Bertz CT molecular complexity index is 1020. The van der Waals surface area contributed by atoms with Crippen LogP contribution in [0.1, 0.15) is 15.9 Å². The third kappa shape index (κ3) is 3.18. The zero-order chi connectivity index (χ0) is 17.3. The van der Waals surface area contributed by atoms with Crippen LogP contribution in [0.3, 0.4) is 0 Å².